The van der Waals surface area contributed by atoms with Gasteiger partial charge in [-0.2, -0.15) is 11.8 Å². The monoisotopic (exact) mass is 417 g/mol. The SMILES string of the molecule is CCC(=NOCC/C=C/c1ccc(F)cc1)C1=C(O)CC(C2(SC)CC2)CC1=O. The molecule has 0 bridgehead atoms. The largest absolute Gasteiger partial charge is 0.511 e. The van der Waals surface area contributed by atoms with Crippen molar-refractivity contribution in [3.63, 3.8) is 0 Å². The topological polar surface area (TPSA) is 58.9 Å². The first-order valence-electron chi connectivity index (χ1n) is 10.1. The van der Waals surface area contributed by atoms with E-state index < -0.39 is 0 Å². The van der Waals surface area contributed by atoms with Gasteiger partial charge in [0.05, 0.1) is 11.3 Å². The number of allylic oxidation sites excluding steroid dienone is 2. The van der Waals surface area contributed by atoms with Gasteiger partial charge in [0.15, 0.2) is 5.78 Å². The smallest absolute Gasteiger partial charge is 0.168 e. The molecule has 1 fully saturated rings. The highest BCUT2D eigenvalue weighted by atomic mass is 32.2. The average molecular weight is 418 g/mol. The van der Waals surface area contributed by atoms with Gasteiger partial charge in [0.1, 0.15) is 18.2 Å². The summed E-state index contributed by atoms with van der Waals surface area (Å²) in [5.41, 5.74) is 1.78. The van der Waals surface area contributed by atoms with Gasteiger partial charge in [-0.05, 0) is 49.1 Å². The maximum atomic E-state index is 12.9. The van der Waals surface area contributed by atoms with Crippen molar-refractivity contribution < 1.29 is 19.1 Å². The lowest BCUT2D eigenvalue weighted by Crippen LogP contribution is -2.30. The lowest BCUT2D eigenvalue weighted by atomic mass is 9.82. The summed E-state index contributed by atoms with van der Waals surface area (Å²) < 4.78 is 13.1. The van der Waals surface area contributed by atoms with Gasteiger partial charge in [0.2, 0.25) is 0 Å². The van der Waals surface area contributed by atoms with Crippen molar-refractivity contribution in [2.24, 2.45) is 11.1 Å². The van der Waals surface area contributed by atoms with Gasteiger partial charge in [0.25, 0.3) is 0 Å². The fourth-order valence-electron chi connectivity index (χ4n) is 3.82. The first kappa shape index (κ1) is 21.6. The van der Waals surface area contributed by atoms with Crippen molar-refractivity contribution in [2.45, 2.75) is 50.2 Å². The van der Waals surface area contributed by atoms with Crippen molar-refractivity contribution in [3.05, 3.63) is 53.1 Å². The molecule has 2 aliphatic carbocycles. The third-order valence-electron chi connectivity index (χ3n) is 5.69. The number of benzene rings is 1. The summed E-state index contributed by atoms with van der Waals surface area (Å²) in [6.07, 6.45) is 10.3. The van der Waals surface area contributed by atoms with E-state index in [0.29, 0.717) is 43.6 Å². The van der Waals surface area contributed by atoms with Crippen LogP contribution >= 0.6 is 11.8 Å². The molecule has 2 aliphatic rings. The molecule has 0 spiro atoms. The second-order valence-electron chi connectivity index (χ2n) is 7.59. The Bertz CT molecular complexity index is 825. The van der Waals surface area contributed by atoms with Crippen LogP contribution in [0.15, 0.2) is 46.8 Å². The molecule has 1 aromatic carbocycles. The van der Waals surface area contributed by atoms with Crippen LogP contribution in [0, 0.1) is 11.7 Å². The predicted octanol–water partition coefficient (Wildman–Crippen LogP) is 5.70. The van der Waals surface area contributed by atoms with Crippen molar-refractivity contribution >= 4 is 29.3 Å². The van der Waals surface area contributed by atoms with E-state index in [1.54, 1.807) is 12.1 Å². The Labute approximate surface area is 175 Å². The molecule has 1 atom stereocenters. The van der Waals surface area contributed by atoms with E-state index in [4.69, 9.17) is 4.84 Å². The number of Topliss-reactive ketones (excluding diaryl/α,β-unsaturated/α-hetero) is 1. The van der Waals surface area contributed by atoms with E-state index in [9.17, 15) is 14.3 Å². The molecule has 0 aromatic heterocycles. The number of carbonyl (C=O) groups is 1. The van der Waals surface area contributed by atoms with Crippen LogP contribution in [-0.2, 0) is 9.63 Å². The Hall–Kier alpha value is -2.08. The second-order valence-corrected chi connectivity index (χ2v) is 8.81. The van der Waals surface area contributed by atoms with Gasteiger partial charge >= 0.3 is 0 Å². The van der Waals surface area contributed by atoms with Crippen LogP contribution < -0.4 is 0 Å². The first-order chi connectivity index (χ1) is 14.0. The highest BCUT2D eigenvalue weighted by Crippen LogP contribution is 2.56. The number of halogens is 1. The highest BCUT2D eigenvalue weighted by molar-refractivity contribution is 8.00. The summed E-state index contributed by atoms with van der Waals surface area (Å²) in [6.45, 7) is 2.27. The van der Waals surface area contributed by atoms with Crippen LogP contribution in [-0.4, -0.2) is 34.2 Å². The average Bonchev–Trinajstić information content (AvgIpc) is 3.51. The molecule has 0 aliphatic heterocycles. The maximum absolute atomic E-state index is 12.9. The number of hydrogen-bond donors (Lipinski definition) is 1. The minimum atomic E-state index is -0.256. The van der Waals surface area contributed by atoms with Gasteiger partial charge in [-0.15, -0.1) is 0 Å². The number of hydrogen-bond acceptors (Lipinski definition) is 5. The fraction of sp³-hybridized carbons (Fsp3) is 0.478. The zero-order valence-corrected chi connectivity index (χ0v) is 17.8. The minimum Gasteiger partial charge on any atom is -0.511 e. The normalized spacial score (nSPS) is 21.7. The predicted molar refractivity (Wildman–Crippen MR) is 117 cm³/mol. The lowest BCUT2D eigenvalue weighted by Gasteiger charge is -2.29. The van der Waals surface area contributed by atoms with Crippen LogP contribution in [0.5, 0.6) is 0 Å². The number of carbonyl (C=O) groups excluding carboxylic acids is 1. The molecule has 0 saturated heterocycles. The van der Waals surface area contributed by atoms with E-state index in [1.165, 1.54) is 12.1 Å². The van der Waals surface area contributed by atoms with Crippen molar-refractivity contribution in [1.29, 1.82) is 0 Å². The van der Waals surface area contributed by atoms with Crippen molar-refractivity contribution in [1.82, 2.24) is 0 Å². The summed E-state index contributed by atoms with van der Waals surface area (Å²) in [6, 6.07) is 6.26. The molecule has 1 aromatic rings. The van der Waals surface area contributed by atoms with E-state index in [-0.39, 0.29) is 28.0 Å². The van der Waals surface area contributed by atoms with Crippen LogP contribution in [0.25, 0.3) is 6.08 Å². The van der Waals surface area contributed by atoms with E-state index in [2.05, 4.69) is 11.4 Å². The van der Waals surface area contributed by atoms with Crippen LogP contribution in [0.2, 0.25) is 0 Å². The highest BCUT2D eigenvalue weighted by Gasteiger charge is 2.51. The Balaban J connectivity index is 1.55. The number of ketones is 1. The zero-order valence-electron chi connectivity index (χ0n) is 17.0. The Morgan fingerprint density at radius 2 is 2.07 bits per heavy atom. The van der Waals surface area contributed by atoms with Crippen LogP contribution in [0.1, 0.15) is 51.0 Å². The Morgan fingerprint density at radius 3 is 2.66 bits per heavy atom. The molecule has 1 unspecified atom stereocenters. The third kappa shape index (κ3) is 5.30. The molecule has 0 radical (unpaired) electrons. The number of oxime groups is 1. The molecule has 156 valence electrons. The molecule has 0 heterocycles. The summed E-state index contributed by atoms with van der Waals surface area (Å²) in [4.78, 5) is 18.1. The van der Waals surface area contributed by atoms with Gasteiger partial charge in [0, 0.05) is 24.0 Å². The summed E-state index contributed by atoms with van der Waals surface area (Å²) in [7, 11) is 0. The Morgan fingerprint density at radius 1 is 1.34 bits per heavy atom. The van der Waals surface area contributed by atoms with Gasteiger partial charge in [-0.3, -0.25) is 4.79 Å². The second kappa shape index (κ2) is 9.61. The van der Waals surface area contributed by atoms with Crippen LogP contribution in [0.4, 0.5) is 4.39 Å². The van der Waals surface area contributed by atoms with Gasteiger partial charge in [-0.25, -0.2) is 4.39 Å². The Kier molecular flexibility index (Phi) is 7.17. The summed E-state index contributed by atoms with van der Waals surface area (Å²) >= 11 is 1.82. The van der Waals surface area contributed by atoms with Gasteiger partial charge in [-0.1, -0.05) is 36.4 Å². The summed E-state index contributed by atoms with van der Waals surface area (Å²) in [5.74, 6) is 0.0876. The van der Waals surface area contributed by atoms with E-state index in [0.717, 1.165) is 18.4 Å². The molecule has 0 amide bonds. The standard InChI is InChI=1S/C23H28FNO3S/c1-3-19(25-28-13-5-4-6-16-7-9-18(24)10-8-16)22-20(26)14-17(15-21(22)27)23(29-2)11-12-23/h4,6-10,17,26H,3,5,11-15H2,1-2H3/b6-4+,25-19?. The number of thioether (sulfide) groups is 1. The quantitative estimate of drug-likeness (QED) is 0.318. The molecule has 4 nitrogen and oxygen atoms in total. The lowest BCUT2D eigenvalue weighted by molar-refractivity contribution is -0.116. The molecule has 1 N–H and O–H groups in total. The summed E-state index contributed by atoms with van der Waals surface area (Å²) in [5, 5.41) is 14.7. The number of aliphatic hydroxyl groups is 1. The number of rotatable bonds is 9. The molecular formula is C23H28FNO3S. The maximum Gasteiger partial charge on any atom is 0.168 e. The number of nitrogens with zero attached hydrogens (tertiary/aromatic N) is 1. The third-order valence-corrected chi connectivity index (χ3v) is 7.24. The van der Waals surface area contributed by atoms with Crippen LogP contribution in [0.3, 0.4) is 0 Å². The first-order valence-corrected chi connectivity index (χ1v) is 11.3. The fourth-order valence-corrected chi connectivity index (χ4v) is 4.83. The molecule has 1 saturated carbocycles. The number of aliphatic hydroxyl groups excluding tert-OH is 1. The van der Waals surface area contributed by atoms with E-state index >= 15 is 0 Å². The molecule has 6 heteroatoms. The van der Waals surface area contributed by atoms with Gasteiger partial charge < -0.3 is 9.94 Å². The zero-order chi connectivity index (χ0) is 20.9. The van der Waals surface area contributed by atoms with Crippen molar-refractivity contribution in [3.8, 4) is 0 Å². The molecule has 3 rings (SSSR count). The van der Waals surface area contributed by atoms with Crippen molar-refractivity contribution in [2.75, 3.05) is 12.9 Å². The minimum absolute atomic E-state index is 0.0283. The van der Waals surface area contributed by atoms with E-state index in [1.807, 2.05) is 30.8 Å². The molecular weight excluding hydrogens is 389 g/mol. The molecule has 29 heavy (non-hydrogen) atoms.